The largest absolute Gasteiger partial charge is 0.468 e. The molecule has 2 rings (SSSR count). The van der Waals surface area contributed by atoms with E-state index in [1.807, 2.05) is 12.1 Å². The molecule has 0 saturated heterocycles. The highest BCUT2D eigenvalue weighted by atomic mass is 35.5. The van der Waals surface area contributed by atoms with E-state index in [2.05, 4.69) is 10.3 Å². The third kappa shape index (κ3) is 5.20. The second-order valence-corrected chi connectivity index (χ2v) is 4.74. The first-order valence-electron chi connectivity index (χ1n) is 6.50. The predicted octanol–water partition coefficient (Wildman–Crippen LogP) is 3.37. The molecule has 1 aromatic heterocycles. The first-order chi connectivity index (χ1) is 10.7. The summed E-state index contributed by atoms with van der Waals surface area (Å²) < 4.78 is 10.1. The molecule has 0 saturated carbocycles. The van der Waals surface area contributed by atoms with Crippen molar-refractivity contribution in [3.05, 3.63) is 59.3 Å². The van der Waals surface area contributed by atoms with Crippen LogP contribution in [0.5, 0.6) is 5.75 Å². The van der Waals surface area contributed by atoms with Crippen molar-refractivity contribution in [2.45, 2.75) is 0 Å². The zero-order valence-corrected chi connectivity index (χ0v) is 12.7. The minimum atomic E-state index is -0.283. The fraction of sp³-hybridized carbons (Fsp3) is 0.125. The van der Waals surface area contributed by atoms with Crippen molar-refractivity contribution in [1.82, 2.24) is 4.98 Å². The second-order valence-electron chi connectivity index (χ2n) is 4.30. The molecule has 0 bridgehead atoms. The molecule has 0 radical (unpaired) electrons. The highest BCUT2D eigenvalue weighted by Gasteiger charge is 2.00. The van der Waals surface area contributed by atoms with Gasteiger partial charge >= 0.3 is 0 Å². The van der Waals surface area contributed by atoms with E-state index < -0.39 is 0 Å². The Morgan fingerprint density at radius 3 is 2.77 bits per heavy atom. The summed E-state index contributed by atoms with van der Waals surface area (Å²) in [7, 11) is 1.56. The van der Waals surface area contributed by atoms with Crippen LogP contribution < -0.4 is 10.1 Å². The summed E-state index contributed by atoms with van der Waals surface area (Å²) in [6, 6.07) is 10.5. The number of nitrogens with one attached hydrogen (secondary N) is 1. The van der Waals surface area contributed by atoms with Crippen molar-refractivity contribution < 1.29 is 14.3 Å². The monoisotopic (exact) mass is 318 g/mol. The Labute approximate surface area is 133 Å². The highest BCUT2D eigenvalue weighted by Crippen LogP contribution is 2.14. The van der Waals surface area contributed by atoms with Gasteiger partial charge in [-0.3, -0.25) is 4.79 Å². The molecule has 0 atom stereocenters. The fourth-order valence-corrected chi connectivity index (χ4v) is 1.77. The quantitative estimate of drug-likeness (QED) is 0.655. The molecule has 1 amide bonds. The number of pyridine rings is 1. The average Bonchev–Trinajstić information content (AvgIpc) is 2.52. The van der Waals surface area contributed by atoms with Crippen LogP contribution in [0.1, 0.15) is 5.56 Å². The Bertz CT molecular complexity index is 657. The average molecular weight is 319 g/mol. The number of methoxy groups -OCH3 is 1. The van der Waals surface area contributed by atoms with E-state index in [-0.39, 0.29) is 12.7 Å². The Balaban J connectivity index is 1.92. The molecule has 2 aromatic rings. The number of halogens is 1. The van der Waals surface area contributed by atoms with Gasteiger partial charge in [0.25, 0.3) is 0 Å². The molecular weight excluding hydrogens is 304 g/mol. The lowest BCUT2D eigenvalue weighted by Gasteiger charge is -2.04. The Kier molecular flexibility index (Phi) is 5.94. The van der Waals surface area contributed by atoms with Gasteiger partial charge in [-0.05, 0) is 35.9 Å². The van der Waals surface area contributed by atoms with Crippen LogP contribution in [0.2, 0.25) is 5.02 Å². The normalized spacial score (nSPS) is 10.6. The standard InChI is InChI=1S/C16H15ClN2O3/c1-21-11-22-14-5-2-12(3-6-14)4-7-16(20)19-15-10-13(17)8-9-18-15/h2-10H,11H2,1H3,(H,18,19,20)/b7-4+. The van der Waals surface area contributed by atoms with Gasteiger partial charge in [0.2, 0.25) is 5.91 Å². The predicted molar refractivity (Wildman–Crippen MR) is 85.9 cm³/mol. The minimum Gasteiger partial charge on any atom is -0.468 e. The molecule has 1 aromatic carbocycles. The molecule has 6 heteroatoms. The lowest BCUT2D eigenvalue weighted by Crippen LogP contribution is -2.08. The number of carbonyl (C=O) groups is 1. The van der Waals surface area contributed by atoms with Crippen LogP contribution in [0.15, 0.2) is 48.7 Å². The Hall–Kier alpha value is -2.37. The van der Waals surface area contributed by atoms with E-state index in [4.69, 9.17) is 21.1 Å². The molecule has 22 heavy (non-hydrogen) atoms. The number of benzene rings is 1. The van der Waals surface area contributed by atoms with Crippen LogP contribution in [0.25, 0.3) is 6.08 Å². The van der Waals surface area contributed by atoms with Crippen LogP contribution in [-0.4, -0.2) is 24.8 Å². The van der Waals surface area contributed by atoms with Gasteiger partial charge in [0.1, 0.15) is 11.6 Å². The molecular formula is C16H15ClN2O3. The van der Waals surface area contributed by atoms with Gasteiger partial charge in [-0.2, -0.15) is 0 Å². The maximum Gasteiger partial charge on any atom is 0.249 e. The summed E-state index contributed by atoms with van der Waals surface area (Å²) in [5.74, 6) is 0.825. The molecule has 1 N–H and O–H groups in total. The number of hydrogen-bond acceptors (Lipinski definition) is 4. The van der Waals surface area contributed by atoms with E-state index in [0.29, 0.717) is 16.6 Å². The van der Waals surface area contributed by atoms with E-state index in [9.17, 15) is 4.79 Å². The van der Waals surface area contributed by atoms with E-state index in [1.165, 1.54) is 12.3 Å². The van der Waals surface area contributed by atoms with Crippen molar-refractivity contribution in [1.29, 1.82) is 0 Å². The van der Waals surface area contributed by atoms with Crippen molar-refractivity contribution >= 4 is 29.4 Å². The Morgan fingerprint density at radius 1 is 1.32 bits per heavy atom. The first kappa shape index (κ1) is 16.0. The number of aromatic nitrogens is 1. The first-order valence-corrected chi connectivity index (χ1v) is 6.87. The van der Waals surface area contributed by atoms with Crippen LogP contribution in [-0.2, 0) is 9.53 Å². The lowest BCUT2D eigenvalue weighted by molar-refractivity contribution is -0.111. The second kappa shape index (κ2) is 8.17. The van der Waals surface area contributed by atoms with Gasteiger partial charge in [0, 0.05) is 24.4 Å². The molecule has 0 spiro atoms. The molecule has 0 aliphatic carbocycles. The summed E-state index contributed by atoms with van der Waals surface area (Å²) in [5, 5.41) is 3.14. The molecule has 0 aliphatic rings. The number of amides is 1. The van der Waals surface area contributed by atoms with Crippen LogP contribution in [0.3, 0.4) is 0 Å². The van der Waals surface area contributed by atoms with Gasteiger partial charge in [-0.15, -0.1) is 0 Å². The summed E-state index contributed by atoms with van der Waals surface area (Å²) in [4.78, 5) is 15.8. The van der Waals surface area contributed by atoms with Crippen LogP contribution in [0, 0.1) is 0 Å². The maximum absolute atomic E-state index is 11.8. The summed E-state index contributed by atoms with van der Waals surface area (Å²) in [6.45, 7) is 0.199. The zero-order valence-electron chi connectivity index (χ0n) is 12.0. The van der Waals surface area contributed by atoms with E-state index in [0.717, 1.165) is 5.56 Å². The Morgan fingerprint density at radius 2 is 2.09 bits per heavy atom. The minimum absolute atomic E-state index is 0.199. The number of nitrogens with zero attached hydrogens (tertiary/aromatic N) is 1. The van der Waals surface area contributed by atoms with Crippen LogP contribution >= 0.6 is 11.6 Å². The number of hydrogen-bond donors (Lipinski definition) is 1. The topological polar surface area (TPSA) is 60.5 Å². The van der Waals surface area contributed by atoms with Gasteiger partial charge < -0.3 is 14.8 Å². The van der Waals surface area contributed by atoms with Crippen LogP contribution in [0.4, 0.5) is 5.82 Å². The van der Waals surface area contributed by atoms with Crippen molar-refractivity contribution in [3.8, 4) is 5.75 Å². The van der Waals surface area contributed by atoms with Gasteiger partial charge in [0.05, 0.1) is 0 Å². The summed E-state index contributed by atoms with van der Waals surface area (Å²) >= 11 is 5.82. The fourth-order valence-electron chi connectivity index (χ4n) is 1.62. The van der Waals surface area contributed by atoms with Crippen molar-refractivity contribution in [2.24, 2.45) is 0 Å². The maximum atomic E-state index is 11.8. The molecule has 1 heterocycles. The summed E-state index contributed by atoms with van der Waals surface area (Å²) in [6.07, 6.45) is 4.65. The number of ether oxygens (including phenoxy) is 2. The number of carbonyl (C=O) groups excluding carboxylic acids is 1. The number of anilines is 1. The van der Waals surface area contributed by atoms with Crippen molar-refractivity contribution in [2.75, 3.05) is 19.2 Å². The SMILES string of the molecule is COCOc1ccc(/C=C/C(=O)Nc2cc(Cl)ccn2)cc1. The smallest absolute Gasteiger partial charge is 0.249 e. The molecule has 5 nitrogen and oxygen atoms in total. The zero-order chi connectivity index (χ0) is 15.8. The van der Waals surface area contributed by atoms with E-state index in [1.54, 1.807) is 37.5 Å². The summed E-state index contributed by atoms with van der Waals surface area (Å²) in [5.41, 5.74) is 0.874. The lowest BCUT2D eigenvalue weighted by atomic mass is 10.2. The molecule has 114 valence electrons. The third-order valence-corrected chi connectivity index (χ3v) is 2.86. The molecule has 0 unspecified atom stereocenters. The van der Waals surface area contributed by atoms with Gasteiger partial charge in [0.15, 0.2) is 6.79 Å². The highest BCUT2D eigenvalue weighted by molar-refractivity contribution is 6.30. The van der Waals surface area contributed by atoms with Crippen molar-refractivity contribution in [3.63, 3.8) is 0 Å². The molecule has 0 fully saturated rings. The molecule has 0 aliphatic heterocycles. The van der Waals surface area contributed by atoms with E-state index >= 15 is 0 Å². The van der Waals surface area contributed by atoms with Gasteiger partial charge in [-0.1, -0.05) is 23.7 Å². The number of rotatable bonds is 6. The van der Waals surface area contributed by atoms with Gasteiger partial charge in [-0.25, -0.2) is 4.98 Å². The third-order valence-electron chi connectivity index (χ3n) is 2.62.